The molecule has 3 nitrogen and oxygen atoms in total. The fraction of sp³-hybridized carbons (Fsp3) is 1.00. The van der Waals surface area contributed by atoms with E-state index in [-0.39, 0.29) is 5.60 Å². The average molecular weight is 226 g/mol. The molecule has 1 heterocycles. The molecule has 1 unspecified atom stereocenters. The van der Waals surface area contributed by atoms with Crippen LogP contribution in [-0.2, 0) is 4.74 Å². The van der Waals surface area contributed by atoms with Crippen molar-refractivity contribution in [3.63, 3.8) is 0 Å². The molecule has 0 aromatic heterocycles. The van der Waals surface area contributed by atoms with Gasteiger partial charge in [0.15, 0.2) is 0 Å². The van der Waals surface area contributed by atoms with Crippen molar-refractivity contribution in [3.8, 4) is 0 Å². The third-order valence-electron chi connectivity index (χ3n) is 3.73. The highest BCUT2D eigenvalue weighted by molar-refractivity contribution is 4.84. The quantitative estimate of drug-likeness (QED) is 0.768. The summed E-state index contributed by atoms with van der Waals surface area (Å²) in [6, 6.07) is 0.717. The Balaban J connectivity index is 1.61. The van der Waals surface area contributed by atoms with Gasteiger partial charge in [-0.3, -0.25) is 4.90 Å². The van der Waals surface area contributed by atoms with E-state index in [9.17, 15) is 0 Å². The summed E-state index contributed by atoms with van der Waals surface area (Å²) in [6.07, 6.45) is 2.86. The predicted molar refractivity (Wildman–Crippen MR) is 66.7 cm³/mol. The number of nitrogens with one attached hydrogen (secondary N) is 1. The molecule has 2 aliphatic rings. The van der Waals surface area contributed by atoms with Crippen LogP contribution in [-0.4, -0.2) is 49.3 Å². The van der Waals surface area contributed by atoms with Gasteiger partial charge in [0, 0.05) is 32.2 Å². The van der Waals surface area contributed by atoms with Crippen LogP contribution >= 0.6 is 0 Å². The van der Waals surface area contributed by atoms with Crippen LogP contribution in [0.15, 0.2) is 0 Å². The molecule has 3 heteroatoms. The summed E-state index contributed by atoms with van der Waals surface area (Å²) in [5.74, 6) is 0.959. The number of hydrogen-bond donors (Lipinski definition) is 1. The molecule has 1 saturated carbocycles. The monoisotopic (exact) mass is 226 g/mol. The highest BCUT2D eigenvalue weighted by Gasteiger charge is 2.29. The van der Waals surface area contributed by atoms with E-state index in [0.29, 0.717) is 6.04 Å². The third kappa shape index (κ3) is 3.72. The van der Waals surface area contributed by atoms with Crippen LogP contribution < -0.4 is 5.32 Å². The van der Waals surface area contributed by atoms with E-state index >= 15 is 0 Å². The van der Waals surface area contributed by atoms with Crippen LogP contribution in [0.1, 0.15) is 33.6 Å². The van der Waals surface area contributed by atoms with Crippen molar-refractivity contribution in [2.24, 2.45) is 5.92 Å². The maximum absolute atomic E-state index is 5.71. The van der Waals surface area contributed by atoms with Crippen molar-refractivity contribution >= 4 is 0 Å². The summed E-state index contributed by atoms with van der Waals surface area (Å²) in [7, 11) is 0. The molecule has 0 spiro atoms. The molecule has 0 aromatic carbocycles. The summed E-state index contributed by atoms with van der Waals surface area (Å²) in [5.41, 5.74) is 0.0420. The molecular weight excluding hydrogens is 200 g/mol. The SMILES string of the molecule is CC(NCCN1CCOC(C)(C)C1)C1CC1. The van der Waals surface area contributed by atoms with Crippen LogP contribution in [0.4, 0.5) is 0 Å². The summed E-state index contributed by atoms with van der Waals surface area (Å²) in [4.78, 5) is 2.51. The predicted octanol–water partition coefficient (Wildman–Crippen LogP) is 1.49. The van der Waals surface area contributed by atoms with Gasteiger partial charge >= 0.3 is 0 Å². The highest BCUT2D eigenvalue weighted by atomic mass is 16.5. The lowest BCUT2D eigenvalue weighted by Gasteiger charge is -2.38. The molecular formula is C13H26N2O. The Kier molecular flexibility index (Phi) is 3.88. The van der Waals surface area contributed by atoms with Crippen LogP contribution in [0.3, 0.4) is 0 Å². The molecule has 1 saturated heterocycles. The Morgan fingerprint density at radius 3 is 2.81 bits per heavy atom. The lowest BCUT2D eigenvalue weighted by molar-refractivity contribution is -0.0855. The van der Waals surface area contributed by atoms with Crippen molar-refractivity contribution in [3.05, 3.63) is 0 Å². The van der Waals surface area contributed by atoms with E-state index in [0.717, 1.165) is 38.7 Å². The maximum atomic E-state index is 5.71. The van der Waals surface area contributed by atoms with E-state index in [1.807, 2.05) is 0 Å². The van der Waals surface area contributed by atoms with Gasteiger partial charge in [-0.15, -0.1) is 0 Å². The van der Waals surface area contributed by atoms with Crippen LogP contribution in [0.2, 0.25) is 0 Å². The van der Waals surface area contributed by atoms with Gasteiger partial charge in [0.2, 0.25) is 0 Å². The van der Waals surface area contributed by atoms with Gasteiger partial charge in [0.1, 0.15) is 0 Å². The second-order valence-corrected chi connectivity index (χ2v) is 5.96. The minimum Gasteiger partial charge on any atom is -0.373 e. The molecule has 94 valence electrons. The van der Waals surface area contributed by atoms with E-state index in [1.54, 1.807) is 0 Å². The second-order valence-electron chi connectivity index (χ2n) is 5.96. The Hall–Kier alpha value is -0.120. The van der Waals surface area contributed by atoms with Gasteiger partial charge in [0.25, 0.3) is 0 Å². The van der Waals surface area contributed by atoms with E-state index < -0.39 is 0 Å². The Bertz CT molecular complexity index is 226. The van der Waals surface area contributed by atoms with Crippen molar-refractivity contribution in [2.75, 3.05) is 32.8 Å². The molecule has 1 aliphatic carbocycles. The molecule has 0 aromatic rings. The molecule has 1 aliphatic heterocycles. The minimum absolute atomic E-state index is 0.0420. The normalized spacial score (nSPS) is 27.9. The average Bonchev–Trinajstić information content (AvgIpc) is 2.99. The first-order chi connectivity index (χ1) is 7.57. The Morgan fingerprint density at radius 1 is 1.44 bits per heavy atom. The van der Waals surface area contributed by atoms with E-state index in [4.69, 9.17) is 4.74 Å². The molecule has 16 heavy (non-hydrogen) atoms. The largest absolute Gasteiger partial charge is 0.373 e. The van der Waals surface area contributed by atoms with Crippen molar-refractivity contribution in [2.45, 2.75) is 45.3 Å². The van der Waals surface area contributed by atoms with Crippen molar-refractivity contribution in [1.29, 1.82) is 0 Å². The summed E-state index contributed by atoms with van der Waals surface area (Å²) >= 11 is 0. The van der Waals surface area contributed by atoms with Crippen molar-refractivity contribution in [1.82, 2.24) is 10.2 Å². The standard InChI is InChI=1S/C13H26N2O/c1-11(12-4-5-12)14-6-7-15-8-9-16-13(2,3)10-15/h11-12,14H,4-10H2,1-3H3. The van der Waals surface area contributed by atoms with Crippen LogP contribution in [0.5, 0.6) is 0 Å². The first-order valence-electron chi connectivity index (χ1n) is 6.66. The second kappa shape index (κ2) is 5.03. The zero-order valence-corrected chi connectivity index (χ0v) is 11.0. The first kappa shape index (κ1) is 12.3. The molecule has 0 radical (unpaired) electrons. The number of hydrogen-bond acceptors (Lipinski definition) is 3. The zero-order chi connectivity index (χ0) is 11.6. The van der Waals surface area contributed by atoms with Gasteiger partial charge < -0.3 is 10.1 Å². The molecule has 2 rings (SSSR count). The fourth-order valence-corrected chi connectivity index (χ4v) is 2.52. The number of morpholine rings is 1. The van der Waals surface area contributed by atoms with Gasteiger partial charge in [0.05, 0.1) is 12.2 Å². The number of nitrogens with zero attached hydrogens (tertiary/aromatic N) is 1. The lowest BCUT2D eigenvalue weighted by Crippen LogP contribution is -2.50. The molecule has 1 N–H and O–H groups in total. The number of rotatable bonds is 5. The third-order valence-corrected chi connectivity index (χ3v) is 3.73. The van der Waals surface area contributed by atoms with Crippen LogP contribution in [0.25, 0.3) is 0 Å². The maximum Gasteiger partial charge on any atom is 0.0753 e. The number of ether oxygens (including phenoxy) is 1. The molecule has 2 fully saturated rings. The van der Waals surface area contributed by atoms with Crippen molar-refractivity contribution < 1.29 is 4.74 Å². The van der Waals surface area contributed by atoms with E-state index in [2.05, 4.69) is 31.0 Å². The minimum atomic E-state index is 0.0420. The topological polar surface area (TPSA) is 24.5 Å². The molecule has 0 amide bonds. The molecule has 0 bridgehead atoms. The highest BCUT2D eigenvalue weighted by Crippen LogP contribution is 2.32. The summed E-state index contributed by atoms with van der Waals surface area (Å²) in [6.45, 7) is 12.0. The van der Waals surface area contributed by atoms with Crippen LogP contribution in [0, 0.1) is 5.92 Å². The summed E-state index contributed by atoms with van der Waals surface area (Å²) in [5, 5.41) is 3.64. The first-order valence-corrected chi connectivity index (χ1v) is 6.66. The van der Waals surface area contributed by atoms with E-state index in [1.165, 1.54) is 12.8 Å². The smallest absolute Gasteiger partial charge is 0.0753 e. The Morgan fingerprint density at radius 2 is 2.19 bits per heavy atom. The zero-order valence-electron chi connectivity index (χ0n) is 11.0. The lowest BCUT2D eigenvalue weighted by atomic mass is 10.1. The fourth-order valence-electron chi connectivity index (χ4n) is 2.52. The molecule has 1 atom stereocenters. The van der Waals surface area contributed by atoms with Gasteiger partial charge in [-0.1, -0.05) is 0 Å². The van der Waals surface area contributed by atoms with Gasteiger partial charge in [-0.25, -0.2) is 0 Å². The Labute approximate surface area is 99.5 Å². The van der Waals surface area contributed by atoms with Gasteiger partial charge in [-0.05, 0) is 39.5 Å². The summed E-state index contributed by atoms with van der Waals surface area (Å²) < 4.78 is 5.71. The van der Waals surface area contributed by atoms with Gasteiger partial charge in [-0.2, -0.15) is 0 Å².